The average Bonchev–Trinajstić information content (AvgIpc) is 2.92. The minimum Gasteiger partial charge on any atom is -0.396 e. The molecule has 0 amide bonds. The van der Waals surface area contributed by atoms with Gasteiger partial charge in [-0.2, -0.15) is 0 Å². The summed E-state index contributed by atoms with van der Waals surface area (Å²) in [5.74, 6) is 0.384. The normalized spacial score (nSPS) is 10.6. The number of aliphatic hydroxyl groups excluding tert-OH is 1. The predicted octanol–water partition coefficient (Wildman–Crippen LogP) is 1.47. The lowest BCUT2D eigenvalue weighted by Gasteiger charge is -2.04. The van der Waals surface area contributed by atoms with Crippen molar-refractivity contribution in [3.05, 3.63) is 27.9 Å². The summed E-state index contributed by atoms with van der Waals surface area (Å²) in [6.07, 6.45) is 2.65. The van der Waals surface area contributed by atoms with E-state index in [1.54, 1.807) is 0 Å². The number of hydrogen-bond acceptors (Lipinski definition) is 6. The van der Waals surface area contributed by atoms with E-state index in [-0.39, 0.29) is 12.2 Å². The van der Waals surface area contributed by atoms with Crippen LogP contribution in [0.2, 0.25) is 0 Å². The van der Waals surface area contributed by atoms with E-state index in [2.05, 4.69) is 20.5 Å². The highest BCUT2D eigenvalue weighted by Gasteiger charge is 2.07. The zero-order valence-corrected chi connectivity index (χ0v) is 11.2. The van der Waals surface area contributed by atoms with Crippen molar-refractivity contribution < 1.29 is 5.11 Å². The van der Waals surface area contributed by atoms with Crippen molar-refractivity contribution in [3.8, 4) is 10.6 Å². The van der Waals surface area contributed by atoms with Gasteiger partial charge in [0.1, 0.15) is 0 Å². The van der Waals surface area contributed by atoms with Gasteiger partial charge < -0.3 is 10.4 Å². The van der Waals surface area contributed by atoms with Crippen LogP contribution in [0.3, 0.4) is 0 Å². The zero-order valence-electron chi connectivity index (χ0n) is 10.4. The molecule has 0 aliphatic heterocycles. The van der Waals surface area contributed by atoms with E-state index in [0.29, 0.717) is 18.2 Å². The van der Waals surface area contributed by atoms with Crippen LogP contribution in [0.4, 0.5) is 5.95 Å². The molecule has 2 aromatic rings. The largest absolute Gasteiger partial charge is 0.396 e. The van der Waals surface area contributed by atoms with E-state index < -0.39 is 0 Å². The molecule has 0 saturated carbocycles. The Morgan fingerprint density at radius 3 is 2.89 bits per heavy atom. The van der Waals surface area contributed by atoms with Crippen LogP contribution in [0.25, 0.3) is 10.6 Å². The highest BCUT2D eigenvalue weighted by molar-refractivity contribution is 7.13. The second-order valence-electron chi connectivity index (χ2n) is 4.04. The highest BCUT2D eigenvalue weighted by atomic mass is 32.1. The number of nitrogens with one attached hydrogen (secondary N) is 2. The van der Waals surface area contributed by atoms with E-state index in [9.17, 15) is 4.79 Å². The second-order valence-corrected chi connectivity index (χ2v) is 4.99. The fourth-order valence-electron chi connectivity index (χ4n) is 1.61. The monoisotopic (exact) mass is 280 g/mol. The Kier molecular flexibility index (Phi) is 5.05. The van der Waals surface area contributed by atoms with Crippen LogP contribution in [-0.4, -0.2) is 33.4 Å². The van der Waals surface area contributed by atoms with Crippen molar-refractivity contribution in [2.24, 2.45) is 0 Å². The Balaban J connectivity index is 1.94. The molecule has 0 aliphatic carbocycles. The lowest BCUT2D eigenvalue weighted by atomic mass is 10.2. The predicted molar refractivity (Wildman–Crippen MR) is 75.4 cm³/mol. The third-order valence-corrected chi connectivity index (χ3v) is 3.46. The molecular weight excluding hydrogens is 264 g/mol. The molecular formula is C12H16N4O2S. The van der Waals surface area contributed by atoms with Crippen molar-refractivity contribution in [1.29, 1.82) is 0 Å². The minimum atomic E-state index is -0.240. The van der Waals surface area contributed by atoms with Crippen LogP contribution in [-0.2, 0) is 0 Å². The van der Waals surface area contributed by atoms with Gasteiger partial charge in [0.2, 0.25) is 5.95 Å². The standard InChI is InChI=1S/C12H16N4O2S/c17-7-3-1-2-6-13-12-14-11(18)10(15-16-12)9-5-4-8-19-9/h4-5,8,17H,1-3,6-7H2,(H2,13,14,16,18). The fraction of sp³-hybridized carbons (Fsp3) is 0.417. The molecule has 0 fully saturated rings. The maximum absolute atomic E-state index is 11.8. The first-order chi connectivity index (χ1) is 9.31. The van der Waals surface area contributed by atoms with E-state index in [0.717, 1.165) is 24.1 Å². The van der Waals surface area contributed by atoms with Crippen molar-refractivity contribution in [1.82, 2.24) is 15.2 Å². The van der Waals surface area contributed by atoms with Crippen LogP contribution in [0.15, 0.2) is 22.3 Å². The molecule has 0 unspecified atom stereocenters. The quantitative estimate of drug-likeness (QED) is 0.668. The van der Waals surface area contributed by atoms with Crippen molar-refractivity contribution in [2.45, 2.75) is 19.3 Å². The number of nitrogens with zero attached hydrogens (tertiary/aromatic N) is 2. The summed E-state index contributed by atoms with van der Waals surface area (Å²) in [5, 5.41) is 21.5. The molecule has 19 heavy (non-hydrogen) atoms. The number of aliphatic hydroxyl groups is 1. The number of anilines is 1. The van der Waals surface area contributed by atoms with Gasteiger partial charge in [0.25, 0.3) is 5.56 Å². The summed E-state index contributed by atoms with van der Waals surface area (Å²) in [5.41, 5.74) is 0.108. The van der Waals surface area contributed by atoms with E-state index in [1.165, 1.54) is 11.3 Å². The maximum atomic E-state index is 11.8. The number of rotatable bonds is 7. The van der Waals surface area contributed by atoms with Crippen LogP contribution in [0, 0.1) is 0 Å². The van der Waals surface area contributed by atoms with Gasteiger partial charge in [-0.1, -0.05) is 6.07 Å². The van der Waals surface area contributed by atoms with Gasteiger partial charge in [-0.15, -0.1) is 21.5 Å². The first-order valence-electron chi connectivity index (χ1n) is 6.17. The molecule has 0 saturated heterocycles. The van der Waals surface area contributed by atoms with Crippen molar-refractivity contribution >= 4 is 17.3 Å². The number of unbranched alkanes of at least 4 members (excludes halogenated alkanes) is 2. The summed E-state index contributed by atoms with van der Waals surface area (Å²) >= 11 is 1.46. The van der Waals surface area contributed by atoms with Gasteiger partial charge in [-0.3, -0.25) is 9.78 Å². The average molecular weight is 280 g/mol. The number of aromatic nitrogens is 3. The Morgan fingerprint density at radius 2 is 2.21 bits per heavy atom. The molecule has 0 aromatic carbocycles. The molecule has 7 heteroatoms. The molecule has 6 nitrogen and oxygen atoms in total. The molecule has 2 rings (SSSR count). The smallest absolute Gasteiger partial charge is 0.279 e. The Morgan fingerprint density at radius 1 is 1.32 bits per heavy atom. The topological polar surface area (TPSA) is 90.9 Å². The molecule has 0 aliphatic rings. The van der Waals surface area contributed by atoms with Gasteiger partial charge in [0.05, 0.1) is 4.88 Å². The Labute approximate surface area is 114 Å². The highest BCUT2D eigenvalue weighted by Crippen LogP contribution is 2.18. The molecule has 102 valence electrons. The fourth-order valence-corrected chi connectivity index (χ4v) is 2.32. The zero-order chi connectivity index (χ0) is 13.5. The summed E-state index contributed by atoms with van der Waals surface area (Å²) in [6, 6.07) is 3.71. The van der Waals surface area contributed by atoms with Crippen molar-refractivity contribution in [2.75, 3.05) is 18.5 Å². The summed E-state index contributed by atoms with van der Waals surface area (Å²) < 4.78 is 0. The summed E-state index contributed by atoms with van der Waals surface area (Å²) in [6.45, 7) is 0.912. The first-order valence-corrected chi connectivity index (χ1v) is 7.05. The van der Waals surface area contributed by atoms with Gasteiger partial charge >= 0.3 is 0 Å². The molecule has 0 bridgehead atoms. The molecule has 2 aromatic heterocycles. The lowest BCUT2D eigenvalue weighted by molar-refractivity contribution is 0.283. The molecule has 2 heterocycles. The van der Waals surface area contributed by atoms with Crippen molar-refractivity contribution in [3.63, 3.8) is 0 Å². The number of thiophene rings is 1. The van der Waals surface area contributed by atoms with E-state index in [1.807, 2.05) is 17.5 Å². The number of aromatic amines is 1. The third kappa shape index (κ3) is 3.87. The van der Waals surface area contributed by atoms with Gasteiger partial charge in [0.15, 0.2) is 5.69 Å². The van der Waals surface area contributed by atoms with Crippen LogP contribution in [0.1, 0.15) is 19.3 Å². The van der Waals surface area contributed by atoms with Gasteiger partial charge in [-0.25, -0.2) is 0 Å². The summed E-state index contributed by atoms with van der Waals surface area (Å²) in [7, 11) is 0. The lowest BCUT2D eigenvalue weighted by Crippen LogP contribution is -2.17. The maximum Gasteiger partial charge on any atom is 0.279 e. The molecule has 0 atom stereocenters. The Bertz CT molecular complexity index is 553. The van der Waals surface area contributed by atoms with Crippen LogP contribution >= 0.6 is 11.3 Å². The third-order valence-electron chi connectivity index (χ3n) is 2.58. The van der Waals surface area contributed by atoms with E-state index >= 15 is 0 Å². The summed E-state index contributed by atoms with van der Waals surface area (Å²) in [4.78, 5) is 15.3. The number of hydrogen-bond donors (Lipinski definition) is 3. The van der Waals surface area contributed by atoms with Gasteiger partial charge in [0, 0.05) is 13.2 Å². The van der Waals surface area contributed by atoms with Gasteiger partial charge in [-0.05, 0) is 30.7 Å². The first kappa shape index (κ1) is 13.7. The Hall–Kier alpha value is -1.73. The van der Waals surface area contributed by atoms with Crippen LogP contribution < -0.4 is 10.9 Å². The van der Waals surface area contributed by atoms with E-state index in [4.69, 9.17) is 5.11 Å². The number of H-pyrrole nitrogens is 1. The van der Waals surface area contributed by atoms with Crippen LogP contribution in [0.5, 0.6) is 0 Å². The molecule has 0 spiro atoms. The SMILES string of the molecule is O=c1[nH]c(NCCCCCO)nnc1-c1cccs1. The minimum absolute atomic E-state index is 0.214. The molecule has 0 radical (unpaired) electrons. The second kappa shape index (κ2) is 7.01. The molecule has 3 N–H and O–H groups in total.